The van der Waals surface area contributed by atoms with Crippen molar-refractivity contribution in [2.45, 2.75) is 40.2 Å². The SMILES string of the molecule is CC1=C[C@H](C)[C@@H]2CO[C@H](C(C)C)[C@H]1C2. The van der Waals surface area contributed by atoms with Crippen LogP contribution in [0.5, 0.6) is 0 Å². The molecule has 0 amide bonds. The molecule has 1 nitrogen and oxygen atoms in total. The normalized spacial score (nSPS) is 42.5. The molecule has 0 saturated carbocycles. The fraction of sp³-hybridized carbons (Fsp3) is 0.846. The smallest absolute Gasteiger partial charge is 0.0663 e. The summed E-state index contributed by atoms with van der Waals surface area (Å²) in [5, 5.41) is 0. The van der Waals surface area contributed by atoms with E-state index < -0.39 is 0 Å². The summed E-state index contributed by atoms with van der Waals surface area (Å²) in [5.41, 5.74) is 1.56. The first-order valence-corrected chi connectivity index (χ1v) is 5.89. The van der Waals surface area contributed by atoms with Crippen LogP contribution in [0.1, 0.15) is 34.1 Å². The first kappa shape index (κ1) is 10.2. The molecule has 1 fully saturated rings. The van der Waals surface area contributed by atoms with E-state index in [9.17, 15) is 0 Å². The van der Waals surface area contributed by atoms with Gasteiger partial charge in [-0.1, -0.05) is 32.4 Å². The molecule has 1 heterocycles. The molecule has 0 unspecified atom stereocenters. The average molecular weight is 194 g/mol. The Morgan fingerprint density at radius 3 is 2.79 bits per heavy atom. The van der Waals surface area contributed by atoms with Gasteiger partial charge >= 0.3 is 0 Å². The largest absolute Gasteiger partial charge is 0.377 e. The van der Waals surface area contributed by atoms with Gasteiger partial charge in [-0.2, -0.15) is 0 Å². The maximum atomic E-state index is 6.01. The van der Waals surface area contributed by atoms with E-state index in [1.165, 1.54) is 6.42 Å². The highest BCUT2D eigenvalue weighted by Crippen LogP contribution is 2.41. The van der Waals surface area contributed by atoms with E-state index in [1.807, 2.05) is 0 Å². The fourth-order valence-electron chi connectivity index (χ4n) is 3.02. The number of rotatable bonds is 1. The lowest BCUT2D eigenvalue weighted by Gasteiger charge is -2.44. The quantitative estimate of drug-likeness (QED) is 0.582. The summed E-state index contributed by atoms with van der Waals surface area (Å²) in [5.74, 6) is 2.85. The zero-order chi connectivity index (χ0) is 10.3. The molecule has 0 N–H and O–H groups in total. The topological polar surface area (TPSA) is 9.23 Å². The number of ether oxygens (including phenoxy) is 1. The van der Waals surface area contributed by atoms with E-state index in [0.717, 1.165) is 18.4 Å². The molecule has 0 aromatic heterocycles. The lowest BCUT2D eigenvalue weighted by Crippen LogP contribution is -2.42. The first-order chi connectivity index (χ1) is 6.59. The van der Waals surface area contributed by atoms with Gasteiger partial charge in [-0.25, -0.2) is 0 Å². The third-order valence-electron chi connectivity index (χ3n) is 3.97. The van der Waals surface area contributed by atoms with Crippen LogP contribution >= 0.6 is 0 Å². The van der Waals surface area contributed by atoms with Gasteiger partial charge in [0.15, 0.2) is 0 Å². The fourth-order valence-corrected chi connectivity index (χ4v) is 3.02. The zero-order valence-electron chi connectivity index (χ0n) is 9.79. The highest BCUT2D eigenvalue weighted by molar-refractivity contribution is 5.14. The van der Waals surface area contributed by atoms with Crippen molar-refractivity contribution >= 4 is 0 Å². The molecule has 4 atom stereocenters. The third-order valence-corrected chi connectivity index (χ3v) is 3.97. The van der Waals surface area contributed by atoms with Gasteiger partial charge in [0.1, 0.15) is 0 Å². The Hall–Kier alpha value is -0.300. The monoisotopic (exact) mass is 194 g/mol. The predicted molar refractivity (Wildman–Crippen MR) is 59.1 cm³/mol. The van der Waals surface area contributed by atoms with Crippen LogP contribution in [0.3, 0.4) is 0 Å². The molecule has 80 valence electrons. The summed E-state index contributed by atoms with van der Waals surface area (Å²) in [7, 11) is 0. The van der Waals surface area contributed by atoms with Gasteiger partial charge in [-0.3, -0.25) is 0 Å². The molecule has 2 rings (SSSR count). The standard InChI is InChI=1S/C13H22O/c1-8(2)13-12-6-11(7-14-13)9(3)5-10(12)4/h5,8-9,11-13H,6-7H2,1-4H3/t9-,11-,12-,13+/m0/s1. The summed E-state index contributed by atoms with van der Waals surface area (Å²) < 4.78 is 6.01. The van der Waals surface area contributed by atoms with Gasteiger partial charge in [0.05, 0.1) is 12.7 Å². The lowest BCUT2D eigenvalue weighted by atomic mass is 9.70. The molecule has 0 radical (unpaired) electrons. The summed E-state index contributed by atoms with van der Waals surface area (Å²) in [6, 6.07) is 0. The second kappa shape index (κ2) is 3.69. The number of hydrogen-bond donors (Lipinski definition) is 0. The minimum atomic E-state index is 0.468. The zero-order valence-corrected chi connectivity index (χ0v) is 9.79. The van der Waals surface area contributed by atoms with Gasteiger partial charge < -0.3 is 4.74 Å². The van der Waals surface area contributed by atoms with Gasteiger partial charge in [-0.15, -0.1) is 0 Å². The molecule has 14 heavy (non-hydrogen) atoms. The molecule has 0 aromatic rings. The highest BCUT2D eigenvalue weighted by Gasteiger charge is 2.38. The van der Waals surface area contributed by atoms with Crippen molar-refractivity contribution < 1.29 is 4.74 Å². The highest BCUT2D eigenvalue weighted by atomic mass is 16.5. The molecule has 0 aromatic carbocycles. The van der Waals surface area contributed by atoms with Gasteiger partial charge in [0.25, 0.3) is 0 Å². The Morgan fingerprint density at radius 2 is 2.14 bits per heavy atom. The Balaban J connectivity index is 2.20. The molecule has 2 aliphatic rings. The molecule has 1 heteroatoms. The lowest BCUT2D eigenvalue weighted by molar-refractivity contribution is -0.0808. The van der Waals surface area contributed by atoms with Crippen molar-refractivity contribution in [1.29, 1.82) is 0 Å². The average Bonchev–Trinajstić information content (AvgIpc) is 2.14. The van der Waals surface area contributed by atoms with Crippen molar-refractivity contribution in [3.05, 3.63) is 11.6 Å². The molecule has 2 bridgehead atoms. The second-order valence-electron chi connectivity index (χ2n) is 5.41. The minimum absolute atomic E-state index is 0.468. The van der Waals surface area contributed by atoms with Crippen LogP contribution in [-0.2, 0) is 4.74 Å². The van der Waals surface area contributed by atoms with Gasteiger partial charge in [0.2, 0.25) is 0 Å². The maximum Gasteiger partial charge on any atom is 0.0663 e. The van der Waals surface area contributed by atoms with Gasteiger partial charge in [0, 0.05) is 5.92 Å². The van der Waals surface area contributed by atoms with Crippen LogP contribution < -0.4 is 0 Å². The van der Waals surface area contributed by atoms with Crippen molar-refractivity contribution in [3.8, 4) is 0 Å². The van der Waals surface area contributed by atoms with Crippen LogP contribution in [0.15, 0.2) is 11.6 Å². The van der Waals surface area contributed by atoms with E-state index in [1.54, 1.807) is 5.57 Å². The Labute approximate surface area is 87.5 Å². The molecule has 1 aliphatic heterocycles. The molecule has 0 spiro atoms. The van der Waals surface area contributed by atoms with Crippen molar-refractivity contribution in [2.75, 3.05) is 6.61 Å². The van der Waals surface area contributed by atoms with E-state index >= 15 is 0 Å². The summed E-state index contributed by atoms with van der Waals surface area (Å²) >= 11 is 0. The minimum Gasteiger partial charge on any atom is -0.377 e. The Morgan fingerprint density at radius 1 is 1.43 bits per heavy atom. The third kappa shape index (κ3) is 1.63. The van der Waals surface area contributed by atoms with Crippen LogP contribution in [0.4, 0.5) is 0 Å². The summed E-state index contributed by atoms with van der Waals surface area (Å²) in [4.78, 5) is 0. The van der Waals surface area contributed by atoms with Crippen molar-refractivity contribution in [3.63, 3.8) is 0 Å². The first-order valence-electron chi connectivity index (χ1n) is 5.89. The van der Waals surface area contributed by atoms with Crippen LogP contribution in [0.2, 0.25) is 0 Å². The van der Waals surface area contributed by atoms with E-state index in [4.69, 9.17) is 4.74 Å². The molecule has 1 saturated heterocycles. The van der Waals surface area contributed by atoms with E-state index in [0.29, 0.717) is 17.9 Å². The van der Waals surface area contributed by atoms with E-state index in [2.05, 4.69) is 33.8 Å². The predicted octanol–water partition coefficient (Wildman–Crippen LogP) is 3.26. The van der Waals surface area contributed by atoms with Crippen LogP contribution in [-0.4, -0.2) is 12.7 Å². The maximum absolute atomic E-state index is 6.01. The van der Waals surface area contributed by atoms with Crippen molar-refractivity contribution in [2.24, 2.45) is 23.7 Å². The number of fused-ring (bicyclic) bond motifs is 2. The van der Waals surface area contributed by atoms with Crippen LogP contribution in [0, 0.1) is 23.7 Å². The van der Waals surface area contributed by atoms with Gasteiger partial charge in [-0.05, 0) is 31.1 Å². The summed E-state index contributed by atoms with van der Waals surface area (Å²) in [6.45, 7) is 10.1. The molecular weight excluding hydrogens is 172 g/mol. The van der Waals surface area contributed by atoms with Crippen molar-refractivity contribution in [1.82, 2.24) is 0 Å². The Bertz CT molecular complexity index is 242. The Kier molecular flexibility index (Phi) is 2.70. The van der Waals surface area contributed by atoms with E-state index in [-0.39, 0.29) is 0 Å². The second-order valence-corrected chi connectivity index (χ2v) is 5.41. The van der Waals surface area contributed by atoms with Crippen LogP contribution in [0.25, 0.3) is 0 Å². The molecular formula is C13H22O. The number of hydrogen-bond acceptors (Lipinski definition) is 1. The summed E-state index contributed by atoms with van der Waals surface area (Å²) in [6.07, 6.45) is 4.29. The number of allylic oxidation sites excluding steroid dienone is 1. The molecule has 1 aliphatic carbocycles.